The average molecular weight is 382 g/mol. The molecule has 9 heteroatoms. The van der Waals surface area contributed by atoms with E-state index in [0.717, 1.165) is 0 Å². The predicted octanol–water partition coefficient (Wildman–Crippen LogP) is 2.67. The molecular weight excluding hydrogens is 361 g/mol. The molecule has 3 heterocycles. The number of aromatic nitrogens is 3. The van der Waals surface area contributed by atoms with Gasteiger partial charge in [-0.3, -0.25) is 0 Å². The minimum atomic E-state index is -1.57. The second-order valence-corrected chi connectivity index (χ2v) is 7.41. The van der Waals surface area contributed by atoms with E-state index < -0.39 is 17.7 Å². The fourth-order valence-corrected chi connectivity index (χ4v) is 3.25. The summed E-state index contributed by atoms with van der Waals surface area (Å²) in [6.45, 7) is 5.36. The molecule has 1 fully saturated rings. The van der Waals surface area contributed by atoms with Crippen molar-refractivity contribution in [2.24, 2.45) is 0 Å². The molecule has 0 aliphatic carbocycles. The summed E-state index contributed by atoms with van der Waals surface area (Å²) in [5.41, 5.74) is -0.536. The fourth-order valence-electron chi connectivity index (χ4n) is 2.99. The van der Waals surface area contributed by atoms with Gasteiger partial charge in [0, 0.05) is 12.5 Å². The molecular formula is C17H21ClFN5O2. The van der Waals surface area contributed by atoms with Gasteiger partial charge in [0.05, 0.1) is 41.2 Å². The van der Waals surface area contributed by atoms with E-state index in [1.54, 1.807) is 6.92 Å². The molecule has 2 aromatic rings. The molecule has 3 atom stereocenters. The molecule has 0 radical (unpaired) electrons. The molecule has 140 valence electrons. The number of aliphatic hydroxyl groups is 1. The van der Waals surface area contributed by atoms with Crippen molar-refractivity contribution in [3.63, 3.8) is 0 Å². The van der Waals surface area contributed by atoms with Gasteiger partial charge in [-0.25, -0.2) is 13.9 Å². The Labute approximate surface area is 155 Å². The Bertz CT molecular complexity index is 857. The number of alkyl halides is 1. The van der Waals surface area contributed by atoms with E-state index in [4.69, 9.17) is 16.3 Å². The summed E-state index contributed by atoms with van der Waals surface area (Å²) < 4.78 is 21.3. The number of fused-ring (bicyclic) bond motifs is 1. The zero-order valence-electron chi connectivity index (χ0n) is 14.8. The van der Waals surface area contributed by atoms with Crippen LogP contribution in [-0.2, 0) is 4.74 Å². The fraction of sp³-hybridized carbons (Fsp3) is 0.588. The molecule has 3 rings (SSSR count). The topological polar surface area (TPSA) is 95.5 Å². The number of nitrogens with one attached hydrogen (secondary N) is 1. The Hall–Kier alpha value is -1.95. The summed E-state index contributed by atoms with van der Waals surface area (Å²) in [5.74, 6) is -0.349. The molecule has 0 bridgehead atoms. The molecule has 1 saturated heterocycles. The minimum absolute atomic E-state index is 0.197. The van der Waals surface area contributed by atoms with Crippen LogP contribution in [0.25, 0.3) is 5.52 Å². The van der Waals surface area contributed by atoms with Crippen LogP contribution < -0.4 is 5.32 Å². The van der Waals surface area contributed by atoms with E-state index >= 15 is 0 Å². The molecule has 2 aromatic heterocycles. The van der Waals surface area contributed by atoms with Crippen molar-refractivity contribution in [1.82, 2.24) is 14.6 Å². The van der Waals surface area contributed by atoms with Gasteiger partial charge in [0.2, 0.25) is 5.95 Å². The molecule has 1 aliphatic heterocycles. The van der Waals surface area contributed by atoms with Crippen molar-refractivity contribution < 1.29 is 14.2 Å². The smallest absolute Gasteiger partial charge is 0.241 e. The van der Waals surface area contributed by atoms with Gasteiger partial charge in [0.15, 0.2) is 0 Å². The average Bonchev–Trinajstić information content (AvgIpc) is 2.87. The lowest BCUT2D eigenvalue weighted by molar-refractivity contribution is -0.0136. The third-order valence-electron chi connectivity index (χ3n) is 4.85. The maximum Gasteiger partial charge on any atom is 0.241 e. The van der Waals surface area contributed by atoms with E-state index in [0.29, 0.717) is 24.2 Å². The van der Waals surface area contributed by atoms with Gasteiger partial charge in [-0.05, 0) is 20.3 Å². The van der Waals surface area contributed by atoms with Crippen molar-refractivity contribution in [3.8, 4) is 6.07 Å². The zero-order valence-corrected chi connectivity index (χ0v) is 15.6. The van der Waals surface area contributed by atoms with Crippen LogP contribution in [0.2, 0.25) is 5.02 Å². The maximum atomic E-state index is 14.6. The van der Waals surface area contributed by atoms with Crippen LogP contribution in [0.3, 0.4) is 0 Å². The van der Waals surface area contributed by atoms with Gasteiger partial charge >= 0.3 is 0 Å². The third kappa shape index (κ3) is 3.34. The number of nitrogens with zero attached hydrogens (tertiary/aromatic N) is 4. The number of hydrogen-bond donors (Lipinski definition) is 2. The van der Waals surface area contributed by atoms with Gasteiger partial charge in [-0.15, -0.1) is 5.10 Å². The maximum absolute atomic E-state index is 14.6. The summed E-state index contributed by atoms with van der Waals surface area (Å²) in [5, 5.41) is 27.2. The standard InChI is InChI=1S/C17H21ClFN5O2/c1-9(17(2,3)19)15-10(6-20)14(18)12-7-21-16(23-24(12)15)22-11-4-5-26-8-13(11)25/h7,9,11,13,25H,4-5,8H2,1-3H3,(H,22,23)/t9?,11-,13+/m0/s1. The van der Waals surface area contributed by atoms with Gasteiger partial charge < -0.3 is 15.2 Å². The molecule has 1 aliphatic rings. The van der Waals surface area contributed by atoms with E-state index in [1.165, 1.54) is 24.6 Å². The number of rotatable bonds is 4. The zero-order chi connectivity index (χ0) is 19.1. The largest absolute Gasteiger partial charge is 0.389 e. The van der Waals surface area contributed by atoms with E-state index in [2.05, 4.69) is 21.5 Å². The lowest BCUT2D eigenvalue weighted by Crippen LogP contribution is -2.42. The first-order valence-electron chi connectivity index (χ1n) is 8.42. The summed E-state index contributed by atoms with van der Waals surface area (Å²) in [6, 6.07) is 1.80. The van der Waals surface area contributed by atoms with Crippen molar-refractivity contribution in [3.05, 3.63) is 22.5 Å². The molecule has 26 heavy (non-hydrogen) atoms. The molecule has 0 aromatic carbocycles. The van der Waals surface area contributed by atoms with Crippen LogP contribution in [0.1, 0.15) is 44.4 Å². The number of hydrogen-bond acceptors (Lipinski definition) is 6. The highest BCUT2D eigenvalue weighted by molar-refractivity contribution is 6.35. The summed E-state index contributed by atoms with van der Waals surface area (Å²) in [4.78, 5) is 4.22. The Kier molecular flexibility index (Phi) is 5.06. The summed E-state index contributed by atoms with van der Waals surface area (Å²) >= 11 is 6.30. The van der Waals surface area contributed by atoms with Crippen LogP contribution in [0.5, 0.6) is 0 Å². The van der Waals surface area contributed by atoms with Crippen molar-refractivity contribution in [2.45, 2.75) is 50.9 Å². The molecule has 2 N–H and O–H groups in total. The Morgan fingerprint density at radius 3 is 2.92 bits per heavy atom. The SMILES string of the molecule is CC(c1c(C#N)c(Cl)c2cnc(N[C@H]3CCOC[C@H]3O)nn12)C(C)(C)F. The van der Waals surface area contributed by atoms with Crippen LogP contribution in [-0.4, -0.2) is 50.7 Å². The van der Waals surface area contributed by atoms with E-state index in [-0.39, 0.29) is 29.2 Å². The third-order valence-corrected chi connectivity index (χ3v) is 5.24. The lowest BCUT2D eigenvalue weighted by Gasteiger charge is -2.28. The predicted molar refractivity (Wildman–Crippen MR) is 95.2 cm³/mol. The second kappa shape index (κ2) is 6.99. The first-order chi connectivity index (χ1) is 12.2. The van der Waals surface area contributed by atoms with E-state index in [1.807, 2.05) is 0 Å². The van der Waals surface area contributed by atoms with Gasteiger partial charge in [-0.1, -0.05) is 18.5 Å². The Morgan fingerprint density at radius 2 is 2.31 bits per heavy atom. The molecule has 7 nitrogen and oxygen atoms in total. The number of aliphatic hydroxyl groups excluding tert-OH is 1. The highest BCUT2D eigenvalue weighted by Crippen LogP contribution is 2.38. The molecule has 1 unspecified atom stereocenters. The monoisotopic (exact) mass is 381 g/mol. The summed E-state index contributed by atoms with van der Waals surface area (Å²) in [7, 11) is 0. The van der Waals surface area contributed by atoms with E-state index in [9.17, 15) is 14.8 Å². The van der Waals surface area contributed by atoms with Gasteiger partial charge in [0.25, 0.3) is 0 Å². The first-order valence-corrected chi connectivity index (χ1v) is 8.80. The van der Waals surface area contributed by atoms with Crippen molar-refractivity contribution in [1.29, 1.82) is 5.26 Å². The normalized spacial score (nSPS) is 22.2. The highest BCUT2D eigenvalue weighted by Gasteiger charge is 2.33. The van der Waals surface area contributed by atoms with Crippen LogP contribution in [0, 0.1) is 11.3 Å². The highest BCUT2D eigenvalue weighted by atomic mass is 35.5. The first kappa shape index (κ1) is 18.8. The molecule has 0 saturated carbocycles. The van der Waals surface area contributed by atoms with Gasteiger partial charge in [-0.2, -0.15) is 5.26 Å². The number of halogens is 2. The number of nitriles is 1. The quantitative estimate of drug-likeness (QED) is 0.845. The lowest BCUT2D eigenvalue weighted by atomic mass is 9.90. The Balaban J connectivity index is 2.06. The minimum Gasteiger partial charge on any atom is -0.389 e. The van der Waals surface area contributed by atoms with Gasteiger partial charge in [0.1, 0.15) is 17.3 Å². The number of ether oxygens (including phenoxy) is 1. The van der Waals surface area contributed by atoms with Crippen LogP contribution >= 0.6 is 11.6 Å². The second-order valence-electron chi connectivity index (χ2n) is 7.03. The van der Waals surface area contributed by atoms with Crippen LogP contribution in [0.4, 0.5) is 10.3 Å². The van der Waals surface area contributed by atoms with Crippen molar-refractivity contribution >= 4 is 23.1 Å². The molecule has 0 amide bonds. The Morgan fingerprint density at radius 1 is 1.58 bits per heavy atom. The number of anilines is 1. The van der Waals surface area contributed by atoms with Crippen LogP contribution in [0.15, 0.2) is 6.20 Å². The van der Waals surface area contributed by atoms with Crippen molar-refractivity contribution in [2.75, 3.05) is 18.5 Å². The molecule has 0 spiro atoms. The summed E-state index contributed by atoms with van der Waals surface area (Å²) in [6.07, 6.45) is 1.43.